The first kappa shape index (κ1) is 10.5. The smallest absolute Gasteiger partial charge is 0.383 e. The Kier molecular flexibility index (Phi) is 2.46. The summed E-state index contributed by atoms with van der Waals surface area (Å²) in [5, 5.41) is 0. The van der Waals surface area contributed by atoms with Crippen molar-refractivity contribution < 1.29 is 18.0 Å². The monoisotopic (exact) mass is 204 g/mol. The Morgan fingerprint density at radius 3 is 2.43 bits per heavy atom. The Hall–Kier alpha value is -1.59. The van der Waals surface area contributed by atoms with Gasteiger partial charge in [-0.3, -0.25) is 4.79 Å². The second-order valence-corrected chi connectivity index (χ2v) is 2.74. The molecule has 0 aliphatic heterocycles. The minimum Gasteiger partial charge on any atom is -0.383 e. The van der Waals surface area contributed by atoms with E-state index in [4.69, 9.17) is 5.73 Å². The summed E-state index contributed by atoms with van der Waals surface area (Å²) in [4.78, 5) is 13.5. The number of aryl methyl sites for hydroxylation is 1. The molecule has 0 spiro atoms. The fourth-order valence-electron chi connectivity index (χ4n) is 1.01. The summed E-state index contributed by atoms with van der Waals surface area (Å²) in [6, 6.07) is 0.792. The maximum atomic E-state index is 12.2. The van der Waals surface area contributed by atoms with E-state index in [-0.39, 0.29) is 11.1 Å². The van der Waals surface area contributed by atoms with Crippen LogP contribution in [-0.4, -0.2) is 11.3 Å². The minimum atomic E-state index is -4.54. The molecule has 2 N–H and O–H groups in total. The van der Waals surface area contributed by atoms with Crippen molar-refractivity contribution in [3.05, 3.63) is 22.9 Å². The van der Waals surface area contributed by atoms with Gasteiger partial charge in [0.2, 0.25) is 0 Å². The maximum absolute atomic E-state index is 12.2. The molecule has 1 rings (SSSR count). The number of hydrogen-bond donors (Lipinski definition) is 1. The fourth-order valence-corrected chi connectivity index (χ4v) is 1.01. The van der Waals surface area contributed by atoms with Crippen LogP contribution in [0.5, 0.6) is 0 Å². The summed E-state index contributed by atoms with van der Waals surface area (Å²) >= 11 is 0. The molecule has 0 bridgehead atoms. The van der Waals surface area contributed by atoms with Crippen LogP contribution in [0.1, 0.15) is 21.6 Å². The van der Waals surface area contributed by atoms with Crippen LogP contribution >= 0.6 is 0 Å². The number of nitrogens with zero attached hydrogens (tertiary/aromatic N) is 1. The number of anilines is 1. The van der Waals surface area contributed by atoms with Crippen molar-refractivity contribution in [2.45, 2.75) is 13.1 Å². The molecule has 0 amide bonds. The highest BCUT2D eigenvalue weighted by molar-refractivity contribution is 5.83. The molecular weight excluding hydrogens is 197 g/mol. The van der Waals surface area contributed by atoms with Gasteiger partial charge in [-0.15, -0.1) is 0 Å². The average Bonchev–Trinajstić information content (AvgIpc) is 2.01. The van der Waals surface area contributed by atoms with E-state index in [0.717, 1.165) is 6.07 Å². The zero-order chi connectivity index (χ0) is 10.9. The third-order valence-electron chi connectivity index (χ3n) is 1.70. The number of aldehydes is 1. The van der Waals surface area contributed by atoms with Crippen LogP contribution < -0.4 is 5.73 Å². The molecule has 0 saturated carbocycles. The van der Waals surface area contributed by atoms with Crippen molar-refractivity contribution in [1.29, 1.82) is 0 Å². The standard InChI is InChI=1S/C8H7F3N2O/c1-4-2-6(8(9,10)11)13-7(12)5(4)3-14/h2-3H,1H3,(H2,12,13). The molecule has 0 aliphatic carbocycles. The summed E-state index contributed by atoms with van der Waals surface area (Å²) in [6.07, 6.45) is -4.15. The Morgan fingerprint density at radius 1 is 1.50 bits per heavy atom. The van der Waals surface area contributed by atoms with Crippen LogP contribution in [0.15, 0.2) is 6.07 Å². The van der Waals surface area contributed by atoms with Gasteiger partial charge in [-0.2, -0.15) is 13.2 Å². The number of carbonyl (C=O) groups is 1. The molecule has 0 aliphatic rings. The van der Waals surface area contributed by atoms with Crippen LogP contribution in [0.25, 0.3) is 0 Å². The average molecular weight is 204 g/mol. The predicted molar refractivity (Wildman–Crippen MR) is 43.8 cm³/mol. The number of nitrogen functional groups attached to an aromatic ring is 1. The van der Waals surface area contributed by atoms with Crippen molar-refractivity contribution in [3.63, 3.8) is 0 Å². The molecular formula is C8H7F3N2O. The van der Waals surface area contributed by atoms with E-state index >= 15 is 0 Å². The van der Waals surface area contributed by atoms with E-state index in [1.807, 2.05) is 0 Å². The Morgan fingerprint density at radius 2 is 2.07 bits per heavy atom. The Bertz CT molecular complexity index is 350. The number of halogens is 3. The van der Waals surface area contributed by atoms with Crippen molar-refractivity contribution in [2.75, 3.05) is 5.73 Å². The van der Waals surface area contributed by atoms with E-state index in [0.29, 0.717) is 6.29 Å². The highest BCUT2D eigenvalue weighted by Crippen LogP contribution is 2.29. The van der Waals surface area contributed by atoms with E-state index in [1.54, 1.807) is 0 Å². The highest BCUT2D eigenvalue weighted by atomic mass is 19.4. The summed E-state index contributed by atoms with van der Waals surface area (Å²) in [7, 11) is 0. The third-order valence-corrected chi connectivity index (χ3v) is 1.70. The SMILES string of the molecule is Cc1cc(C(F)(F)F)nc(N)c1C=O. The molecule has 0 atom stereocenters. The van der Waals surface area contributed by atoms with Crippen LogP contribution in [-0.2, 0) is 6.18 Å². The van der Waals surface area contributed by atoms with Gasteiger partial charge in [0, 0.05) is 0 Å². The lowest BCUT2D eigenvalue weighted by Crippen LogP contribution is -2.12. The lowest BCUT2D eigenvalue weighted by Gasteiger charge is -2.09. The van der Waals surface area contributed by atoms with Gasteiger partial charge < -0.3 is 5.73 Å². The zero-order valence-corrected chi connectivity index (χ0v) is 7.22. The number of pyridine rings is 1. The predicted octanol–water partition coefficient (Wildman–Crippen LogP) is 1.80. The van der Waals surface area contributed by atoms with Crippen LogP contribution in [0.3, 0.4) is 0 Å². The lowest BCUT2D eigenvalue weighted by atomic mass is 10.1. The summed E-state index contributed by atoms with van der Waals surface area (Å²) in [6.45, 7) is 1.37. The van der Waals surface area contributed by atoms with E-state index < -0.39 is 17.7 Å². The first-order valence-corrected chi connectivity index (χ1v) is 3.65. The molecule has 1 heterocycles. The second kappa shape index (κ2) is 3.28. The van der Waals surface area contributed by atoms with Gasteiger partial charge in [0.1, 0.15) is 11.5 Å². The van der Waals surface area contributed by atoms with Gasteiger partial charge in [0.25, 0.3) is 0 Å². The summed E-state index contributed by atoms with van der Waals surface area (Å²) < 4.78 is 36.5. The van der Waals surface area contributed by atoms with Crippen LogP contribution in [0, 0.1) is 6.92 Å². The summed E-state index contributed by atoms with van der Waals surface area (Å²) in [5.74, 6) is -0.396. The molecule has 1 aromatic heterocycles. The van der Waals surface area contributed by atoms with Gasteiger partial charge in [-0.1, -0.05) is 0 Å². The first-order valence-electron chi connectivity index (χ1n) is 3.65. The molecule has 76 valence electrons. The Labute approximate surface area is 77.7 Å². The maximum Gasteiger partial charge on any atom is 0.433 e. The van der Waals surface area contributed by atoms with E-state index in [2.05, 4.69) is 4.98 Å². The molecule has 3 nitrogen and oxygen atoms in total. The Balaban J connectivity index is 3.35. The van der Waals surface area contributed by atoms with Gasteiger partial charge >= 0.3 is 6.18 Å². The lowest BCUT2D eigenvalue weighted by molar-refractivity contribution is -0.141. The number of aromatic nitrogens is 1. The van der Waals surface area contributed by atoms with Crippen molar-refractivity contribution in [1.82, 2.24) is 4.98 Å². The minimum absolute atomic E-state index is 0.00185. The molecule has 0 radical (unpaired) electrons. The topological polar surface area (TPSA) is 56.0 Å². The molecule has 0 aromatic carbocycles. The van der Waals surface area contributed by atoms with Crippen LogP contribution in [0.2, 0.25) is 0 Å². The molecule has 0 saturated heterocycles. The molecule has 0 unspecified atom stereocenters. The van der Waals surface area contributed by atoms with E-state index in [9.17, 15) is 18.0 Å². The van der Waals surface area contributed by atoms with Gasteiger partial charge in [-0.05, 0) is 18.6 Å². The number of carbonyl (C=O) groups excluding carboxylic acids is 1. The van der Waals surface area contributed by atoms with Gasteiger partial charge in [0.05, 0.1) is 5.56 Å². The fraction of sp³-hybridized carbons (Fsp3) is 0.250. The van der Waals surface area contributed by atoms with Crippen molar-refractivity contribution in [3.8, 4) is 0 Å². The number of nitrogens with two attached hydrogens (primary N) is 1. The first-order chi connectivity index (χ1) is 6.36. The zero-order valence-electron chi connectivity index (χ0n) is 7.22. The largest absolute Gasteiger partial charge is 0.433 e. The van der Waals surface area contributed by atoms with Gasteiger partial charge in [-0.25, -0.2) is 4.98 Å². The highest BCUT2D eigenvalue weighted by Gasteiger charge is 2.33. The molecule has 0 fully saturated rings. The van der Waals surface area contributed by atoms with Crippen molar-refractivity contribution >= 4 is 12.1 Å². The number of alkyl halides is 3. The third kappa shape index (κ3) is 1.84. The molecule has 6 heteroatoms. The number of hydrogen-bond acceptors (Lipinski definition) is 3. The number of rotatable bonds is 1. The molecule has 14 heavy (non-hydrogen) atoms. The molecule has 1 aromatic rings. The van der Waals surface area contributed by atoms with Crippen molar-refractivity contribution in [2.24, 2.45) is 0 Å². The quantitative estimate of drug-likeness (QED) is 0.709. The van der Waals surface area contributed by atoms with Crippen LogP contribution in [0.4, 0.5) is 19.0 Å². The normalized spacial score (nSPS) is 11.4. The summed E-state index contributed by atoms with van der Waals surface area (Å²) in [5.41, 5.74) is 4.27. The van der Waals surface area contributed by atoms with E-state index in [1.165, 1.54) is 6.92 Å². The second-order valence-electron chi connectivity index (χ2n) is 2.74. The van der Waals surface area contributed by atoms with Gasteiger partial charge in [0.15, 0.2) is 6.29 Å².